The van der Waals surface area contributed by atoms with Gasteiger partial charge >= 0.3 is 0 Å². The summed E-state index contributed by atoms with van der Waals surface area (Å²) in [5, 5.41) is 4.53. The van der Waals surface area contributed by atoms with Crippen molar-refractivity contribution < 1.29 is 0 Å². The molecule has 104 valence electrons. The van der Waals surface area contributed by atoms with Gasteiger partial charge in [-0.3, -0.25) is 0 Å². The highest BCUT2D eigenvalue weighted by atomic mass is 32.1. The Morgan fingerprint density at radius 3 is 2.84 bits per heavy atom. The predicted octanol–water partition coefficient (Wildman–Crippen LogP) is 3.64. The topological polar surface area (TPSA) is 42.7 Å². The number of nitrogens with one attached hydrogen (secondary N) is 1. The van der Waals surface area contributed by atoms with Crippen molar-refractivity contribution in [3.8, 4) is 0 Å². The fraction of sp³-hybridized carbons (Fsp3) is 0.571. The summed E-state index contributed by atoms with van der Waals surface area (Å²) in [5.74, 6) is 0.945. The quantitative estimate of drug-likeness (QED) is 0.877. The Morgan fingerprint density at radius 1 is 1.42 bits per heavy atom. The summed E-state index contributed by atoms with van der Waals surface area (Å²) < 4.78 is 2.18. The maximum atomic E-state index is 4.55. The molecule has 0 saturated heterocycles. The molecule has 2 heterocycles. The van der Waals surface area contributed by atoms with Gasteiger partial charge in [-0.15, -0.1) is 11.3 Å². The number of rotatable bonds is 6. The molecule has 0 saturated carbocycles. The van der Waals surface area contributed by atoms with E-state index >= 15 is 0 Å². The molecular formula is C14H22N4S. The van der Waals surface area contributed by atoms with Gasteiger partial charge in [0.1, 0.15) is 5.01 Å². The van der Waals surface area contributed by atoms with Crippen molar-refractivity contribution in [2.45, 2.75) is 46.6 Å². The van der Waals surface area contributed by atoms with Crippen LogP contribution < -0.4 is 5.32 Å². The van der Waals surface area contributed by atoms with Gasteiger partial charge in [0.15, 0.2) is 0 Å². The van der Waals surface area contributed by atoms with E-state index < -0.39 is 0 Å². The molecule has 0 radical (unpaired) electrons. The Balaban J connectivity index is 2.24. The largest absolute Gasteiger partial charge is 0.356 e. The molecule has 2 aromatic heterocycles. The van der Waals surface area contributed by atoms with E-state index in [4.69, 9.17) is 0 Å². The van der Waals surface area contributed by atoms with Crippen LogP contribution in [-0.2, 0) is 6.42 Å². The van der Waals surface area contributed by atoms with Gasteiger partial charge in [0.2, 0.25) is 5.95 Å². The first-order chi connectivity index (χ1) is 9.15. The molecular weight excluding hydrogens is 256 g/mol. The minimum Gasteiger partial charge on any atom is -0.356 e. The third-order valence-corrected chi connectivity index (χ3v) is 4.39. The molecule has 0 aliphatic rings. The van der Waals surface area contributed by atoms with Gasteiger partial charge < -0.3 is 9.88 Å². The van der Waals surface area contributed by atoms with Gasteiger partial charge in [-0.25, -0.2) is 9.97 Å². The second-order valence-electron chi connectivity index (χ2n) is 4.73. The fourth-order valence-corrected chi connectivity index (χ4v) is 2.89. The molecule has 2 rings (SSSR count). The molecule has 0 fully saturated rings. The molecule has 0 aliphatic carbocycles. The summed E-state index contributed by atoms with van der Waals surface area (Å²) in [6.45, 7) is 9.47. The van der Waals surface area contributed by atoms with Crippen LogP contribution >= 0.6 is 11.3 Å². The maximum absolute atomic E-state index is 4.55. The summed E-state index contributed by atoms with van der Waals surface area (Å²) in [4.78, 5) is 10.4. The lowest BCUT2D eigenvalue weighted by molar-refractivity contribution is 0.638. The Bertz CT molecular complexity index is 529. The SMILES string of the molecule is CCCNc1nc(C)cn1C(C)c1ncc(CC)s1. The van der Waals surface area contributed by atoms with E-state index in [2.05, 4.69) is 46.8 Å². The molecule has 1 atom stereocenters. The minimum atomic E-state index is 0.228. The summed E-state index contributed by atoms with van der Waals surface area (Å²) in [6, 6.07) is 0.228. The highest BCUT2D eigenvalue weighted by Gasteiger charge is 2.16. The predicted molar refractivity (Wildman–Crippen MR) is 81.0 cm³/mol. The van der Waals surface area contributed by atoms with Crippen molar-refractivity contribution in [1.29, 1.82) is 0 Å². The van der Waals surface area contributed by atoms with E-state index in [0.717, 1.165) is 36.0 Å². The number of aromatic nitrogens is 3. The number of hydrogen-bond acceptors (Lipinski definition) is 4. The Labute approximate surface area is 118 Å². The van der Waals surface area contributed by atoms with Crippen LogP contribution in [0.3, 0.4) is 0 Å². The van der Waals surface area contributed by atoms with E-state index in [1.165, 1.54) is 4.88 Å². The summed E-state index contributed by atoms with van der Waals surface area (Å²) in [5.41, 5.74) is 1.04. The van der Waals surface area contributed by atoms with Gasteiger partial charge in [0.05, 0.1) is 11.7 Å². The van der Waals surface area contributed by atoms with Gasteiger partial charge in [0, 0.05) is 23.8 Å². The van der Waals surface area contributed by atoms with E-state index in [9.17, 15) is 0 Å². The Kier molecular flexibility index (Phi) is 4.58. The third kappa shape index (κ3) is 3.15. The van der Waals surface area contributed by atoms with Gasteiger partial charge in [0.25, 0.3) is 0 Å². The van der Waals surface area contributed by atoms with E-state index in [1.807, 2.05) is 13.1 Å². The normalized spacial score (nSPS) is 12.6. The van der Waals surface area contributed by atoms with Crippen LogP contribution in [0.15, 0.2) is 12.4 Å². The molecule has 4 nitrogen and oxygen atoms in total. The second-order valence-corrected chi connectivity index (χ2v) is 5.88. The van der Waals surface area contributed by atoms with E-state index in [0.29, 0.717) is 0 Å². The molecule has 0 aliphatic heterocycles. The maximum Gasteiger partial charge on any atom is 0.203 e. The van der Waals surface area contributed by atoms with Crippen LogP contribution in [0.1, 0.15) is 48.8 Å². The van der Waals surface area contributed by atoms with Crippen molar-refractivity contribution >= 4 is 17.3 Å². The average Bonchev–Trinajstić information content (AvgIpc) is 3.01. The van der Waals surface area contributed by atoms with Crippen molar-refractivity contribution in [3.63, 3.8) is 0 Å². The first kappa shape index (κ1) is 14.1. The van der Waals surface area contributed by atoms with Crippen LogP contribution in [0.25, 0.3) is 0 Å². The molecule has 2 aromatic rings. The van der Waals surface area contributed by atoms with Crippen LogP contribution in [0, 0.1) is 6.92 Å². The lowest BCUT2D eigenvalue weighted by atomic mass is 10.3. The minimum absolute atomic E-state index is 0.228. The molecule has 0 spiro atoms. The second kappa shape index (κ2) is 6.19. The van der Waals surface area contributed by atoms with Gasteiger partial charge in [-0.2, -0.15) is 0 Å². The number of nitrogens with zero attached hydrogens (tertiary/aromatic N) is 3. The molecule has 19 heavy (non-hydrogen) atoms. The Morgan fingerprint density at radius 2 is 2.21 bits per heavy atom. The molecule has 1 N–H and O–H groups in total. The Hall–Kier alpha value is -1.36. The molecule has 0 aromatic carbocycles. The summed E-state index contributed by atoms with van der Waals surface area (Å²) >= 11 is 1.79. The molecule has 1 unspecified atom stereocenters. The van der Waals surface area contributed by atoms with Crippen LogP contribution in [-0.4, -0.2) is 21.1 Å². The van der Waals surface area contributed by atoms with E-state index in [1.54, 1.807) is 11.3 Å². The van der Waals surface area contributed by atoms with Crippen molar-refractivity contribution in [2.75, 3.05) is 11.9 Å². The summed E-state index contributed by atoms with van der Waals surface area (Å²) in [6.07, 6.45) is 6.22. The zero-order chi connectivity index (χ0) is 13.8. The van der Waals surface area contributed by atoms with Crippen molar-refractivity contribution in [3.05, 3.63) is 28.0 Å². The molecule has 0 amide bonds. The monoisotopic (exact) mass is 278 g/mol. The molecule has 5 heteroatoms. The first-order valence-corrected chi connectivity index (χ1v) is 7.71. The zero-order valence-corrected chi connectivity index (χ0v) is 12.9. The average molecular weight is 278 g/mol. The lowest BCUT2D eigenvalue weighted by Gasteiger charge is -2.14. The molecule has 0 bridgehead atoms. The standard InChI is InChI=1S/C14H22N4S/c1-5-7-15-14-17-10(3)9-18(14)11(4)13-16-8-12(6-2)19-13/h8-9,11H,5-7H2,1-4H3,(H,15,17). The van der Waals surface area contributed by atoms with Crippen LogP contribution in [0.5, 0.6) is 0 Å². The van der Waals surface area contributed by atoms with Gasteiger partial charge in [-0.1, -0.05) is 13.8 Å². The third-order valence-electron chi connectivity index (χ3n) is 3.08. The number of hydrogen-bond donors (Lipinski definition) is 1. The van der Waals surface area contributed by atoms with E-state index in [-0.39, 0.29) is 6.04 Å². The lowest BCUT2D eigenvalue weighted by Crippen LogP contribution is -2.12. The van der Waals surface area contributed by atoms with Crippen molar-refractivity contribution in [2.24, 2.45) is 0 Å². The number of imidazole rings is 1. The smallest absolute Gasteiger partial charge is 0.203 e. The van der Waals surface area contributed by atoms with Gasteiger partial charge in [-0.05, 0) is 26.7 Å². The van der Waals surface area contributed by atoms with Crippen LogP contribution in [0.2, 0.25) is 0 Å². The highest BCUT2D eigenvalue weighted by molar-refractivity contribution is 7.11. The number of anilines is 1. The fourth-order valence-electron chi connectivity index (χ4n) is 1.98. The zero-order valence-electron chi connectivity index (χ0n) is 12.1. The number of aryl methyl sites for hydroxylation is 2. The number of thiazole rings is 1. The first-order valence-electron chi connectivity index (χ1n) is 6.89. The summed E-state index contributed by atoms with van der Waals surface area (Å²) in [7, 11) is 0. The van der Waals surface area contributed by atoms with Crippen molar-refractivity contribution in [1.82, 2.24) is 14.5 Å². The van der Waals surface area contributed by atoms with Crippen LogP contribution in [0.4, 0.5) is 5.95 Å². The highest BCUT2D eigenvalue weighted by Crippen LogP contribution is 2.26.